The van der Waals surface area contributed by atoms with Crippen LogP contribution in [0.25, 0.3) is 10.2 Å². The number of thiophene rings is 1. The van der Waals surface area contributed by atoms with Gasteiger partial charge in [0.1, 0.15) is 16.2 Å². The van der Waals surface area contributed by atoms with Crippen LogP contribution in [-0.4, -0.2) is 51.8 Å². The lowest BCUT2D eigenvalue weighted by Gasteiger charge is -2.35. The van der Waals surface area contributed by atoms with Crippen LogP contribution >= 0.6 is 23.1 Å². The minimum absolute atomic E-state index is 0.105. The van der Waals surface area contributed by atoms with Gasteiger partial charge < -0.3 is 9.64 Å². The van der Waals surface area contributed by atoms with Gasteiger partial charge in [0.25, 0.3) is 0 Å². The quantitative estimate of drug-likeness (QED) is 0.620. The molecule has 2 aromatic heterocycles. The normalized spacial score (nSPS) is 23.7. The largest absolute Gasteiger partial charge is 0.372 e. The zero-order valence-electron chi connectivity index (χ0n) is 13.9. The zero-order valence-corrected chi connectivity index (χ0v) is 15.6. The fourth-order valence-corrected chi connectivity index (χ4v) is 5.83. The number of rotatable bonds is 3. The average Bonchev–Trinajstić information content (AvgIpc) is 3.12. The van der Waals surface area contributed by atoms with Gasteiger partial charge in [-0.15, -0.1) is 11.3 Å². The Morgan fingerprint density at radius 1 is 1.33 bits per heavy atom. The number of carbonyl (C=O) groups excluding carboxylic acids is 1. The third-order valence-electron chi connectivity index (χ3n) is 4.57. The number of hydrogen-bond donors (Lipinski definition) is 0. The van der Waals surface area contributed by atoms with E-state index in [9.17, 15) is 4.79 Å². The molecular weight excluding hydrogens is 342 g/mol. The number of carbonyl (C=O) groups is 1. The molecule has 2 aliphatic rings. The summed E-state index contributed by atoms with van der Waals surface area (Å²) in [6.45, 7) is 5.39. The Hall–Kier alpha value is -1.18. The minimum atomic E-state index is 0.105. The van der Waals surface area contributed by atoms with E-state index in [1.165, 1.54) is 22.2 Å². The second-order valence-corrected chi connectivity index (χ2v) is 8.61. The molecule has 7 heteroatoms. The van der Waals surface area contributed by atoms with Crippen LogP contribution in [0.15, 0.2) is 11.4 Å². The standard InChI is InChI=1S/C17H21N3O2S2/c1-10-6-20(7-11(2)22-10)14(21)8-23-16-15-12-4-3-5-13(12)24-17(15)19-9-18-16/h9-11H,3-8H2,1-2H3/t10-,11-/m0/s1. The minimum Gasteiger partial charge on any atom is -0.372 e. The van der Waals surface area contributed by atoms with Crippen molar-refractivity contribution in [1.82, 2.24) is 14.9 Å². The Bertz CT molecular complexity index is 767. The van der Waals surface area contributed by atoms with Crippen molar-refractivity contribution in [3.8, 4) is 0 Å². The molecule has 4 rings (SSSR count). The first-order valence-corrected chi connectivity index (χ1v) is 10.2. The predicted molar refractivity (Wildman–Crippen MR) is 96.8 cm³/mol. The first-order valence-electron chi connectivity index (χ1n) is 8.43. The Morgan fingerprint density at radius 2 is 2.12 bits per heavy atom. The highest BCUT2D eigenvalue weighted by atomic mass is 32.2. The summed E-state index contributed by atoms with van der Waals surface area (Å²) in [5.74, 6) is 0.594. The number of aromatic nitrogens is 2. The Balaban J connectivity index is 1.50. The van der Waals surface area contributed by atoms with Crippen molar-refractivity contribution in [2.24, 2.45) is 0 Å². The summed E-state index contributed by atoms with van der Waals surface area (Å²) in [5, 5.41) is 2.15. The molecule has 0 N–H and O–H groups in total. The number of aryl methyl sites for hydroxylation is 2. The van der Waals surface area contributed by atoms with Gasteiger partial charge in [0.15, 0.2) is 0 Å². The number of amides is 1. The molecule has 24 heavy (non-hydrogen) atoms. The van der Waals surface area contributed by atoms with E-state index in [2.05, 4.69) is 9.97 Å². The zero-order chi connectivity index (χ0) is 16.7. The lowest BCUT2D eigenvalue weighted by atomic mass is 10.2. The van der Waals surface area contributed by atoms with Gasteiger partial charge >= 0.3 is 0 Å². The summed E-state index contributed by atoms with van der Waals surface area (Å²) in [5.41, 5.74) is 1.42. The van der Waals surface area contributed by atoms with E-state index in [0.717, 1.165) is 22.7 Å². The number of hydrogen-bond acceptors (Lipinski definition) is 6. The van der Waals surface area contributed by atoms with Crippen molar-refractivity contribution in [3.63, 3.8) is 0 Å². The van der Waals surface area contributed by atoms with E-state index in [1.54, 1.807) is 29.4 Å². The van der Waals surface area contributed by atoms with Gasteiger partial charge in [-0.2, -0.15) is 0 Å². The molecule has 0 spiro atoms. The van der Waals surface area contributed by atoms with Crippen LogP contribution in [0.3, 0.4) is 0 Å². The molecule has 128 valence electrons. The Labute approximate surface area is 149 Å². The van der Waals surface area contributed by atoms with Crippen LogP contribution in [0.4, 0.5) is 0 Å². The topological polar surface area (TPSA) is 55.3 Å². The van der Waals surface area contributed by atoms with Gasteiger partial charge in [0, 0.05) is 23.4 Å². The van der Waals surface area contributed by atoms with E-state index in [1.807, 2.05) is 18.7 Å². The molecule has 3 heterocycles. The first-order chi connectivity index (χ1) is 11.6. The maximum atomic E-state index is 12.6. The van der Waals surface area contributed by atoms with E-state index in [-0.39, 0.29) is 18.1 Å². The highest BCUT2D eigenvalue weighted by Crippen LogP contribution is 2.40. The molecule has 0 bridgehead atoms. The van der Waals surface area contributed by atoms with Crippen LogP contribution < -0.4 is 0 Å². The van der Waals surface area contributed by atoms with Gasteiger partial charge in [-0.3, -0.25) is 4.79 Å². The van der Waals surface area contributed by atoms with E-state index >= 15 is 0 Å². The van der Waals surface area contributed by atoms with Gasteiger partial charge in [0.2, 0.25) is 5.91 Å². The van der Waals surface area contributed by atoms with Crippen LogP contribution in [0.5, 0.6) is 0 Å². The van der Waals surface area contributed by atoms with Crippen LogP contribution in [0.2, 0.25) is 0 Å². The summed E-state index contributed by atoms with van der Waals surface area (Å²) in [6.07, 6.45) is 5.33. The van der Waals surface area contributed by atoms with E-state index in [0.29, 0.717) is 18.8 Å². The van der Waals surface area contributed by atoms with E-state index < -0.39 is 0 Å². The third kappa shape index (κ3) is 3.05. The first kappa shape index (κ1) is 16.3. The molecule has 2 aromatic rings. The van der Waals surface area contributed by atoms with Gasteiger partial charge in [-0.25, -0.2) is 9.97 Å². The maximum Gasteiger partial charge on any atom is 0.233 e. The smallest absolute Gasteiger partial charge is 0.233 e. The van der Waals surface area contributed by atoms with Crippen LogP contribution in [-0.2, 0) is 22.4 Å². The SMILES string of the molecule is C[C@H]1CN(C(=O)CSc2ncnc3sc4c(c23)CCC4)C[C@H](C)O1. The molecule has 1 saturated heterocycles. The van der Waals surface area contributed by atoms with Gasteiger partial charge in [-0.1, -0.05) is 11.8 Å². The lowest BCUT2D eigenvalue weighted by Crippen LogP contribution is -2.48. The average molecular weight is 364 g/mol. The monoisotopic (exact) mass is 363 g/mol. The molecular formula is C17H21N3O2S2. The number of thioether (sulfide) groups is 1. The van der Waals surface area contributed by atoms with Crippen LogP contribution in [0.1, 0.15) is 30.7 Å². The summed E-state index contributed by atoms with van der Waals surface area (Å²) >= 11 is 3.34. The molecule has 1 aliphatic carbocycles. The molecule has 2 atom stereocenters. The second-order valence-electron chi connectivity index (χ2n) is 6.56. The fraction of sp³-hybridized carbons (Fsp3) is 0.588. The van der Waals surface area contributed by atoms with Crippen molar-refractivity contribution in [1.29, 1.82) is 0 Å². The number of nitrogens with zero attached hydrogens (tertiary/aromatic N) is 3. The predicted octanol–water partition coefficient (Wildman–Crippen LogP) is 2.91. The molecule has 0 saturated carbocycles. The second kappa shape index (κ2) is 6.61. The van der Waals surface area contributed by atoms with Gasteiger partial charge in [0.05, 0.1) is 18.0 Å². The Morgan fingerprint density at radius 3 is 2.92 bits per heavy atom. The van der Waals surface area contributed by atoms with Crippen LogP contribution in [0, 0.1) is 0 Å². The highest BCUT2D eigenvalue weighted by Gasteiger charge is 2.26. The molecule has 0 radical (unpaired) electrons. The highest BCUT2D eigenvalue weighted by molar-refractivity contribution is 8.00. The number of morpholine rings is 1. The third-order valence-corrected chi connectivity index (χ3v) is 6.75. The fourth-order valence-electron chi connectivity index (χ4n) is 3.61. The summed E-state index contributed by atoms with van der Waals surface area (Å²) in [6, 6.07) is 0. The summed E-state index contributed by atoms with van der Waals surface area (Å²) in [7, 11) is 0. The van der Waals surface area contributed by atoms with Crippen molar-refractivity contribution >= 4 is 39.2 Å². The molecule has 0 unspecified atom stereocenters. The van der Waals surface area contributed by atoms with Crippen molar-refractivity contribution in [2.75, 3.05) is 18.8 Å². The summed E-state index contributed by atoms with van der Waals surface area (Å²) < 4.78 is 5.71. The van der Waals surface area contributed by atoms with E-state index in [4.69, 9.17) is 4.74 Å². The number of fused-ring (bicyclic) bond motifs is 3. The maximum absolute atomic E-state index is 12.6. The van der Waals surface area contributed by atoms with Crippen molar-refractivity contribution in [2.45, 2.75) is 50.3 Å². The van der Waals surface area contributed by atoms with Gasteiger partial charge in [-0.05, 0) is 38.7 Å². The molecule has 1 fully saturated rings. The molecule has 1 aliphatic heterocycles. The Kier molecular flexibility index (Phi) is 4.49. The number of ether oxygens (including phenoxy) is 1. The van der Waals surface area contributed by atoms with Crippen molar-refractivity contribution in [3.05, 3.63) is 16.8 Å². The molecule has 1 amide bonds. The van der Waals surface area contributed by atoms with Crippen molar-refractivity contribution < 1.29 is 9.53 Å². The summed E-state index contributed by atoms with van der Waals surface area (Å²) in [4.78, 5) is 25.9. The lowest BCUT2D eigenvalue weighted by molar-refractivity contribution is -0.140. The molecule has 0 aromatic carbocycles. The molecule has 5 nitrogen and oxygen atoms in total.